The molecule has 0 aliphatic heterocycles. The third kappa shape index (κ3) is 5.09. The van der Waals surface area contributed by atoms with Gasteiger partial charge in [-0.2, -0.15) is 17.6 Å². The summed E-state index contributed by atoms with van der Waals surface area (Å²) in [6.45, 7) is -4.77. The molecule has 0 aliphatic carbocycles. The highest BCUT2D eigenvalue weighted by molar-refractivity contribution is 6.30. The minimum Gasteiger partial charge on any atom is -0.434 e. The maximum atomic E-state index is 12.6. The number of alkyl halides is 6. The second-order valence-corrected chi connectivity index (χ2v) is 4.23. The van der Waals surface area contributed by atoms with E-state index in [4.69, 9.17) is 11.6 Å². The quantitative estimate of drug-likeness (QED) is 0.768. The summed E-state index contributed by atoms with van der Waals surface area (Å²) in [5.74, 6) is -4.47. The summed E-state index contributed by atoms with van der Waals surface area (Å²) in [7, 11) is 0. The lowest BCUT2D eigenvalue weighted by Crippen LogP contribution is -2.38. The summed E-state index contributed by atoms with van der Waals surface area (Å²) in [4.78, 5) is 0. The van der Waals surface area contributed by atoms with E-state index >= 15 is 0 Å². The zero-order valence-electron chi connectivity index (χ0n) is 9.85. The Hall–Kier alpha value is -1.15. The average Bonchev–Trinajstić information content (AvgIpc) is 2.31. The van der Waals surface area contributed by atoms with E-state index in [2.05, 4.69) is 10.1 Å². The number of hydrogen-bond donors (Lipinski definition) is 1. The minimum atomic E-state index is -4.21. The molecule has 0 spiro atoms. The highest BCUT2D eigenvalue weighted by Gasteiger charge is 2.40. The van der Waals surface area contributed by atoms with Crippen molar-refractivity contribution < 1.29 is 31.1 Å². The van der Waals surface area contributed by atoms with Crippen molar-refractivity contribution in [1.29, 1.82) is 0 Å². The van der Waals surface area contributed by atoms with Crippen LogP contribution in [0, 0.1) is 0 Å². The molecule has 2 nitrogen and oxygen atoms in total. The topological polar surface area (TPSA) is 21.3 Å². The Morgan fingerprint density at radius 3 is 2.40 bits per heavy atom. The highest BCUT2D eigenvalue weighted by Crippen LogP contribution is 2.25. The molecule has 0 radical (unpaired) electrons. The molecule has 1 rings (SSSR count). The van der Waals surface area contributed by atoms with Crippen molar-refractivity contribution in [1.82, 2.24) is 5.32 Å². The van der Waals surface area contributed by atoms with Crippen molar-refractivity contribution in [2.24, 2.45) is 0 Å². The first kappa shape index (κ1) is 16.9. The van der Waals surface area contributed by atoms with E-state index < -0.39 is 25.5 Å². The third-order valence-electron chi connectivity index (χ3n) is 2.23. The van der Waals surface area contributed by atoms with Crippen LogP contribution in [0.1, 0.15) is 5.56 Å². The van der Waals surface area contributed by atoms with Crippen LogP contribution >= 0.6 is 11.6 Å². The first-order valence-electron chi connectivity index (χ1n) is 5.32. The maximum absolute atomic E-state index is 12.6. The van der Waals surface area contributed by atoms with E-state index in [1.165, 1.54) is 12.1 Å². The number of benzene rings is 1. The summed E-state index contributed by atoms with van der Waals surface area (Å²) in [5.41, 5.74) is 0.0582. The first-order chi connectivity index (χ1) is 9.22. The lowest BCUT2D eigenvalue weighted by atomic mass is 10.2. The van der Waals surface area contributed by atoms with E-state index in [0.29, 0.717) is 0 Å². The fourth-order valence-corrected chi connectivity index (χ4v) is 1.53. The Balaban J connectivity index is 2.69. The largest absolute Gasteiger partial charge is 0.434 e. The highest BCUT2D eigenvalue weighted by atomic mass is 35.5. The second kappa shape index (κ2) is 7.03. The van der Waals surface area contributed by atoms with Crippen molar-refractivity contribution >= 4 is 11.6 Å². The molecule has 1 aromatic carbocycles. The van der Waals surface area contributed by atoms with Crippen molar-refractivity contribution in [3.05, 3.63) is 28.8 Å². The molecule has 0 fully saturated rings. The average molecular weight is 322 g/mol. The van der Waals surface area contributed by atoms with Gasteiger partial charge in [-0.3, -0.25) is 0 Å². The fraction of sp³-hybridized carbons (Fsp3) is 0.455. The molecule has 114 valence electrons. The van der Waals surface area contributed by atoms with Gasteiger partial charge >= 0.3 is 19.0 Å². The zero-order valence-corrected chi connectivity index (χ0v) is 10.6. The van der Waals surface area contributed by atoms with Crippen LogP contribution in [0.25, 0.3) is 0 Å². The monoisotopic (exact) mass is 321 g/mol. The molecule has 1 N–H and O–H groups in total. The normalized spacial score (nSPS) is 12.2. The van der Waals surface area contributed by atoms with Gasteiger partial charge in [-0.05, 0) is 18.2 Å². The second-order valence-electron chi connectivity index (χ2n) is 3.80. The van der Waals surface area contributed by atoms with Crippen LogP contribution < -0.4 is 10.1 Å². The molecular weight excluding hydrogens is 312 g/mol. The van der Waals surface area contributed by atoms with Crippen molar-refractivity contribution in [2.45, 2.75) is 25.5 Å². The number of halogens is 7. The molecule has 0 atom stereocenters. The van der Waals surface area contributed by atoms with Gasteiger partial charge in [0.25, 0.3) is 0 Å². The van der Waals surface area contributed by atoms with E-state index in [-0.39, 0.29) is 22.9 Å². The van der Waals surface area contributed by atoms with Gasteiger partial charge in [0, 0.05) is 17.1 Å². The van der Waals surface area contributed by atoms with Gasteiger partial charge < -0.3 is 10.1 Å². The molecule has 0 unspecified atom stereocenters. The SMILES string of the molecule is FC(F)Oc1ccc(Cl)cc1CNCC(F)(F)C(F)F. The Kier molecular flexibility index (Phi) is 5.94. The molecule has 0 saturated carbocycles. The van der Waals surface area contributed by atoms with Crippen molar-refractivity contribution in [2.75, 3.05) is 6.54 Å². The van der Waals surface area contributed by atoms with Gasteiger partial charge in [0.05, 0.1) is 6.54 Å². The van der Waals surface area contributed by atoms with Gasteiger partial charge in [-0.15, -0.1) is 0 Å². The lowest BCUT2D eigenvalue weighted by molar-refractivity contribution is -0.125. The Morgan fingerprint density at radius 1 is 1.20 bits per heavy atom. The van der Waals surface area contributed by atoms with Gasteiger partial charge in [-0.1, -0.05) is 11.6 Å². The molecule has 0 saturated heterocycles. The maximum Gasteiger partial charge on any atom is 0.387 e. The van der Waals surface area contributed by atoms with E-state index in [9.17, 15) is 26.3 Å². The molecule has 0 bridgehead atoms. The number of ether oxygens (including phenoxy) is 1. The van der Waals surface area contributed by atoms with Crippen molar-refractivity contribution in [3.63, 3.8) is 0 Å². The first-order valence-corrected chi connectivity index (χ1v) is 5.70. The van der Waals surface area contributed by atoms with Crippen molar-refractivity contribution in [3.8, 4) is 5.75 Å². The van der Waals surface area contributed by atoms with Crippen LogP contribution in [0.2, 0.25) is 5.02 Å². The molecule has 0 heterocycles. The molecule has 20 heavy (non-hydrogen) atoms. The third-order valence-corrected chi connectivity index (χ3v) is 2.47. The Labute approximate surface area is 115 Å². The smallest absolute Gasteiger partial charge is 0.387 e. The summed E-state index contributed by atoms with van der Waals surface area (Å²) in [6.07, 6.45) is -3.81. The molecule has 0 amide bonds. The van der Waals surface area contributed by atoms with E-state index in [1.54, 1.807) is 0 Å². The van der Waals surface area contributed by atoms with Crippen LogP contribution in [0.5, 0.6) is 5.75 Å². The molecule has 0 aliphatic rings. The number of nitrogens with one attached hydrogen (secondary N) is 1. The lowest BCUT2D eigenvalue weighted by Gasteiger charge is -2.17. The van der Waals surface area contributed by atoms with Crippen LogP contribution in [0.15, 0.2) is 18.2 Å². The Morgan fingerprint density at radius 2 is 1.85 bits per heavy atom. The number of rotatable bonds is 7. The summed E-state index contributed by atoms with van der Waals surface area (Å²) < 4.78 is 77.5. The van der Waals surface area contributed by atoms with Gasteiger partial charge in [0.1, 0.15) is 5.75 Å². The summed E-state index contributed by atoms with van der Waals surface area (Å²) >= 11 is 5.63. The zero-order chi connectivity index (χ0) is 15.3. The van der Waals surface area contributed by atoms with Crippen LogP contribution in [-0.2, 0) is 6.54 Å². The van der Waals surface area contributed by atoms with Gasteiger partial charge in [-0.25, -0.2) is 8.78 Å². The number of hydrogen-bond acceptors (Lipinski definition) is 2. The molecule has 9 heteroatoms. The van der Waals surface area contributed by atoms with Gasteiger partial charge in [0.2, 0.25) is 0 Å². The molecule has 1 aromatic rings. The summed E-state index contributed by atoms with van der Waals surface area (Å²) in [5, 5.41) is 2.22. The fourth-order valence-electron chi connectivity index (χ4n) is 1.34. The van der Waals surface area contributed by atoms with E-state index in [1.807, 2.05) is 0 Å². The van der Waals surface area contributed by atoms with Crippen LogP contribution in [0.3, 0.4) is 0 Å². The van der Waals surface area contributed by atoms with E-state index in [0.717, 1.165) is 6.07 Å². The predicted octanol–water partition coefficient (Wildman–Crippen LogP) is 3.93. The van der Waals surface area contributed by atoms with Crippen LogP contribution in [0.4, 0.5) is 26.3 Å². The molecular formula is C11H10ClF6NO. The predicted molar refractivity (Wildman–Crippen MR) is 60.7 cm³/mol. The van der Waals surface area contributed by atoms with Crippen LogP contribution in [-0.4, -0.2) is 25.5 Å². The molecule has 0 aromatic heterocycles. The Bertz CT molecular complexity index is 443. The minimum absolute atomic E-state index is 0.0582. The standard InChI is InChI=1S/C11H10ClF6NO/c12-7-1-2-8(20-10(15)16)6(3-7)4-19-5-11(17,18)9(13)14/h1-3,9-10,19H,4-5H2. The summed E-state index contributed by atoms with van der Waals surface area (Å²) in [6, 6.07) is 3.63. The van der Waals surface area contributed by atoms with Gasteiger partial charge in [0.15, 0.2) is 0 Å².